The average molecular weight is 410 g/mol. The molecule has 4 aromatic rings. The minimum atomic E-state index is 0.442. The van der Waals surface area contributed by atoms with Crippen LogP contribution in [0.15, 0.2) is 62.6 Å². The molecule has 0 unspecified atom stereocenters. The van der Waals surface area contributed by atoms with Crippen LogP contribution in [0.25, 0.3) is 11.5 Å². The van der Waals surface area contributed by atoms with Gasteiger partial charge in [0.15, 0.2) is 11.5 Å². The first-order valence-electron chi connectivity index (χ1n) is 8.79. The maximum Gasteiger partial charge on any atom is 0.277 e. The monoisotopic (exact) mass is 410 g/mol. The van der Waals surface area contributed by atoms with Crippen LogP contribution in [0, 0.1) is 0 Å². The second-order valence-corrected chi connectivity index (χ2v) is 6.91. The van der Waals surface area contributed by atoms with Gasteiger partial charge in [0, 0.05) is 5.56 Å². The molecular weight excluding hydrogens is 392 g/mol. The van der Waals surface area contributed by atoms with E-state index in [0.29, 0.717) is 46.6 Å². The normalized spacial score (nSPS) is 10.8. The van der Waals surface area contributed by atoms with Crippen molar-refractivity contribution in [3.05, 3.63) is 65.9 Å². The van der Waals surface area contributed by atoms with E-state index >= 15 is 0 Å². The van der Waals surface area contributed by atoms with Gasteiger partial charge in [0.2, 0.25) is 17.7 Å². The molecule has 4 rings (SSSR count). The number of ether oxygens (including phenoxy) is 2. The quantitative estimate of drug-likeness (QED) is 0.399. The number of thioether (sulfide) groups is 1. The van der Waals surface area contributed by atoms with E-state index in [2.05, 4.69) is 20.4 Å². The van der Waals surface area contributed by atoms with E-state index in [0.717, 1.165) is 11.1 Å². The smallest absolute Gasteiger partial charge is 0.277 e. The molecule has 0 atom stereocenters. The number of aromatic nitrogens is 4. The molecule has 2 aromatic carbocycles. The van der Waals surface area contributed by atoms with E-state index in [9.17, 15) is 0 Å². The maximum atomic E-state index is 5.71. The zero-order valence-electron chi connectivity index (χ0n) is 15.9. The van der Waals surface area contributed by atoms with Gasteiger partial charge in [-0.1, -0.05) is 36.0 Å². The van der Waals surface area contributed by atoms with Crippen LogP contribution in [-0.2, 0) is 12.2 Å². The zero-order valence-corrected chi connectivity index (χ0v) is 16.7. The highest BCUT2D eigenvalue weighted by Crippen LogP contribution is 2.29. The summed E-state index contributed by atoms with van der Waals surface area (Å²) in [4.78, 5) is 0. The fraction of sp³-hybridized carbons (Fsp3) is 0.200. The molecule has 9 heteroatoms. The molecule has 0 bridgehead atoms. The van der Waals surface area contributed by atoms with Crippen molar-refractivity contribution in [3.8, 4) is 23.0 Å². The summed E-state index contributed by atoms with van der Waals surface area (Å²) in [6, 6.07) is 15.3. The molecule has 0 N–H and O–H groups in total. The largest absolute Gasteiger partial charge is 0.493 e. The van der Waals surface area contributed by atoms with Gasteiger partial charge >= 0.3 is 0 Å². The summed E-state index contributed by atoms with van der Waals surface area (Å²) >= 11 is 1.35. The topological polar surface area (TPSA) is 96.3 Å². The highest BCUT2D eigenvalue weighted by Gasteiger charge is 2.13. The maximum absolute atomic E-state index is 5.71. The molecule has 0 radical (unpaired) electrons. The number of nitrogens with zero attached hydrogens (tertiary/aromatic N) is 4. The summed E-state index contributed by atoms with van der Waals surface area (Å²) in [6.45, 7) is 0. The van der Waals surface area contributed by atoms with E-state index in [-0.39, 0.29) is 0 Å². The van der Waals surface area contributed by atoms with E-state index in [4.69, 9.17) is 18.3 Å². The second kappa shape index (κ2) is 8.78. The van der Waals surface area contributed by atoms with Crippen LogP contribution in [0.5, 0.6) is 11.5 Å². The molecule has 0 saturated carbocycles. The zero-order chi connectivity index (χ0) is 20.1. The Bertz CT molecular complexity index is 1080. The number of hydrogen-bond acceptors (Lipinski definition) is 9. The fourth-order valence-electron chi connectivity index (χ4n) is 2.67. The van der Waals surface area contributed by atoms with E-state index in [1.165, 1.54) is 11.8 Å². The molecule has 0 aliphatic rings. The highest BCUT2D eigenvalue weighted by molar-refractivity contribution is 7.98. The van der Waals surface area contributed by atoms with Crippen molar-refractivity contribution in [2.45, 2.75) is 17.4 Å². The fourth-order valence-corrected chi connectivity index (χ4v) is 3.28. The molecular formula is C20H18N4O4S. The van der Waals surface area contributed by atoms with Gasteiger partial charge in [-0.3, -0.25) is 0 Å². The predicted octanol–water partition coefficient (Wildman–Crippen LogP) is 4.02. The van der Waals surface area contributed by atoms with E-state index < -0.39 is 0 Å². The predicted molar refractivity (Wildman–Crippen MR) is 106 cm³/mol. The standard InChI is InChI=1S/C20H18N4O4S/c1-25-15-9-8-13(10-16(15)26-2)11-17-21-24-20(28-17)29-12-18-22-23-19(27-18)14-6-4-3-5-7-14/h3-10H,11-12H2,1-2H3. The van der Waals surface area contributed by atoms with Crippen LogP contribution in [0.3, 0.4) is 0 Å². The summed E-state index contributed by atoms with van der Waals surface area (Å²) < 4.78 is 22.0. The molecule has 2 heterocycles. The van der Waals surface area contributed by atoms with Crippen LogP contribution in [0.1, 0.15) is 17.3 Å². The second-order valence-electron chi connectivity index (χ2n) is 5.98. The minimum absolute atomic E-state index is 0.442. The number of rotatable bonds is 8. The molecule has 0 aliphatic carbocycles. The van der Waals surface area contributed by atoms with Crippen molar-refractivity contribution in [2.75, 3.05) is 14.2 Å². The molecule has 2 aromatic heterocycles. The highest BCUT2D eigenvalue weighted by atomic mass is 32.2. The van der Waals surface area contributed by atoms with Gasteiger partial charge in [-0.05, 0) is 29.8 Å². The molecule has 0 fully saturated rings. The lowest BCUT2D eigenvalue weighted by atomic mass is 10.1. The Kier molecular flexibility index (Phi) is 5.76. The van der Waals surface area contributed by atoms with Crippen molar-refractivity contribution in [1.29, 1.82) is 0 Å². The number of benzene rings is 2. The Morgan fingerprint density at radius 3 is 2.41 bits per heavy atom. The first-order valence-corrected chi connectivity index (χ1v) is 9.77. The Hall–Kier alpha value is -3.33. The molecule has 0 spiro atoms. The number of methoxy groups -OCH3 is 2. The van der Waals surface area contributed by atoms with Crippen molar-refractivity contribution in [2.24, 2.45) is 0 Å². The molecule has 29 heavy (non-hydrogen) atoms. The average Bonchev–Trinajstić information content (AvgIpc) is 3.42. The van der Waals surface area contributed by atoms with Gasteiger partial charge in [0.1, 0.15) is 0 Å². The third-order valence-electron chi connectivity index (χ3n) is 4.06. The molecule has 0 saturated heterocycles. The lowest BCUT2D eigenvalue weighted by molar-refractivity contribution is 0.354. The van der Waals surface area contributed by atoms with Crippen LogP contribution in [0.2, 0.25) is 0 Å². The first kappa shape index (κ1) is 19.0. The van der Waals surface area contributed by atoms with E-state index in [1.807, 2.05) is 48.5 Å². The van der Waals surface area contributed by atoms with Crippen molar-refractivity contribution in [3.63, 3.8) is 0 Å². The molecule has 0 amide bonds. The van der Waals surface area contributed by atoms with Gasteiger partial charge in [-0.25, -0.2) is 0 Å². The van der Waals surface area contributed by atoms with Gasteiger partial charge in [-0.15, -0.1) is 20.4 Å². The van der Waals surface area contributed by atoms with Gasteiger partial charge in [0.25, 0.3) is 5.22 Å². The summed E-state index contributed by atoms with van der Waals surface area (Å²) in [5.41, 5.74) is 1.86. The Labute approximate surface area is 171 Å². The summed E-state index contributed by atoms with van der Waals surface area (Å²) in [5, 5.41) is 16.7. The van der Waals surface area contributed by atoms with E-state index in [1.54, 1.807) is 14.2 Å². The van der Waals surface area contributed by atoms with Crippen LogP contribution >= 0.6 is 11.8 Å². The van der Waals surface area contributed by atoms with Crippen molar-refractivity contribution >= 4 is 11.8 Å². The minimum Gasteiger partial charge on any atom is -0.493 e. The van der Waals surface area contributed by atoms with Crippen molar-refractivity contribution in [1.82, 2.24) is 20.4 Å². The van der Waals surface area contributed by atoms with Gasteiger partial charge in [-0.2, -0.15) is 0 Å². The van der Waals surface area contributed by atoms with Crippen LogP contribution in [-0.4, -0.2) is 34.6 Å². The lowest BCUT2D eigenvalue weighted by Crippen LogP contribution is -1.94. The van der Waals surface area contributed by atoms with Crippen LogP contribution in [0.4, 0.5) is 0 Å². The molecule has 8 nitrogen and oxygen atoms in total. The molecule has 0 aliphatic heterocycles. The first-order chi connectivity index (χ1) is 14.2. The Morgan fingerprint density at radius 1 is 0.828 bits per heavy atom. The summed E-state index contributed by atoms with van der Waals surface area (Å²) in [6.07, 6.45) is 0.493. The van der Waals surface area contributed by atoms with Crippen LogP contribution < -0.4 is 9.47 Å². The van der Waals surface area contributed by atoms with Gasteiger partial charge in [0.05, 0.1) is 26.4 Å². The van der Waals surface area contributed by atoms with Gasteiger partial charge < -0.3 is 18.3 Å². The SMILES string of the molecule is COc1ccc(Cc2nnc(SCc3nnc(-c4ccccc4)o3)o2)cc1OC. The third-order valence-corrected chi connectivity index (χ3v) is 4.86. The lowest BCUT2D eigenvalue weighted by Gasteiger charge is -2.08. The Morgan fingerprint density at radius 2 is 1.62 bits per heavy atom. The summed E-state index contributed by atoms with van der Waals surface area (Å²) in [7, 11) is 3.20. The van der Waals surface area contributed by atoms with Crippen molar-refractivity contribution < 1.29 is 18.3 Å². The third kappa shape index (κ3) is 4.57. The molecule has 148 valence electrons. The number of hydrogen-bond donors (Lipinski definition) is 0. The summed E-state index contributed by atoms with van der Waals surface area (Å²) in [5.74, 6) is 3.26. The Balaban J connectivity index is 1.37.